The van der Waals surface area contributed by atoms with Crippen LogP contribution in [0.2, 0.25) is 0 Å². The molecule has 0 fully saturated rings. The predicted molar refractivity (Wildman–Crippen MR) is 321 cm³/mol. The van der Waals surface area contributed by atoms with Crippen molar-refractivity contribution in [1.29, 1.82) is 0 Å². The van der Waals surface area contributed by atoms with E-state index >= 15 is 0 Å². The van der Waals surface area contributed by atoms with Gasteiger partial charge in [-0.25, -0.2) is 0 Å². The highest BCUT2D eigenvalue weighted by molar-refractivity contribution is 7.20. The molecule has 352 valence electrons. The van der Waals surface area contributed by atoms with Crippen LogP contribution in [0.15, 0.2) is 315 Å². The van der Waals surface area contributed by atoms with Gasteiger partial charge in [-0.1, -0.05) is 303 Å². The fourth-order valence-corrected chi connectivity index (χ4v) is 22.9. The van der Waals surface area contributed by atoms with Crippen LogP contribution in [-0.4, -0.2) is 16.1 Å². The first-order valence-corrected chi connectivity index (χ1v) is 30.2. The monoisotopic (exact) mass is 984 g/mol. The molecule has 0 aromatic heterocycles. The standard InChI is InChI=1S/C73H52Si2/c1-7-23-57(24-8-1)74(58-25-9-2-10-26-58,59-27-11-3-12-28-59)63-45-39-53(40-46-63)55-43-49-67-68-50-44-56(52-72(68)73(71(67)51-55)69-37-21-19-35-65(69)66-36-20-22-38-70(66)73)54-41-47-64(48-42-54)75(60-29-13-4-14-30-60,61-31-15-5-16-32-61)62-33-17-6-18-34-62/h1-52H. The summed E-state index contributed by atoms with van der Waals surface area (Å²) < 4.78 is 0. The Morgan fingerprint density at radius 1 is 0.173 bits per heavy atom. The largest absolute Gasteiger partial charge is 0.179 e. The summed E-state index contributed by atoms with van der Waals surface area (Å²) in [5.41, 5.74) is 15.0. The van der Waals surface area contributed by atoms with Crippen LogP contribution in [0.25, 0.3) is 44.5 Å². The molecule has 14 rings (SSSR count). The van der Waals surface area contributed by atoms with E-state index < -0.39 is 21.6 Å². The van der Waals surface area contributed by atoms with Crippen molar-refractivity contribution >= 4 is 57.6 Å². The molecule has 0 saturated heterocycles. The van der Waals surface area contributed by atoms with E-state index in [0.29, 0.717) is 0 Å². The minimum Gasteiger partial charge on any atom is -0.0623 e. The molecule has 0 saturated carbocycles. The Hall–Kier alpha value is -8.93. The van der Waals surface area contributed by atoms with Gasteiger partial charge in [0.25, 0.3) is 0 Å². The molecule has 0 unspecified atom stereocenters. The van der Waals surface area contributed by atoms with E-state index in [2.05, 4.69) is 315 Å². The zero-order valence-electron chi connectivity index (χ0n) is 41.5. The first kappa shape index (κ1) is 44.7. The SMILES string of the molecule is c1ccc([Si](c2ccccc2)(c2ccccc2)c2ccc(-c3ccc4c(c3)C3(c5ccccc5-c5ccccc53)c3cc(-c5ccc([Si](c6ccccc6)(c6ccccc6)c6ccccc6)cc5)ccc3-4)cc2)cc1. The van der Waals surface area contributed by atoms with E-state index in [1.165, 1.54) is 108 Å². The molecule has 12 aromatic carbocycles. The first-order chi connectivity index (χ1) is 37.2. The molecular formula is C73H52Si2. The van der Waals surface area contributed by atoms with Gasteiger partial charge >= 0.3 is 0 Å². The summed E-state index contributed by atoms with van der Waals surface area (Å²) in [6.45, 7) is 0. The van der Waals surface area contributed by atoms with Crippen molar-refractivity contribution in [1.82, 2.24) is 0 Å². The highest BCUT2D eigenvalue weighted by atomic mass is 28.3. The van der Waals surface area contributed by atoms with Crippen LogP contribution in [0.4, 0.5) is 0 Å². The van der Waals surface area contributed by atoms with Gasteiger partial charge in [0.1, 0.15) is 0 Å². The van der Waals surface area contributed by atoms with Gasteiger partial charge < -0.3 is 0 Å². The van der Waals surface area contributed by atoms with Gasteiger partial charge in [-0.15, -0.1) is 0 Å². The van der Waals surface area contributed by atoms with Crippen LogP contribution >= 0.6 is 0 Å². The Morgan fingerprint density at radius 3 is 0.693 bits per heavy atom. The van der Waals surface area contributed by atoms with E-state index in [0.717, 1.165) is 0 Å². The number of rotatable bonds is 10. The Balaban J connectivity index is 0.916. The van der Waals surface area contributed by atoms with Crippen molar-refractivity contribution in [2.24, 2.45) is 0 Å². The average Bonchev–Trinajstić information content (AvgIpc) is 4.01. The van der Waals surface area contributed by atoms with Crippen LogP contribution in [0.1, 0.15) is 22.3 Å². The highest BCUT2D eigenvalue weighted by Crippen LogP contribution is 2.63. The maximum atomic E-state index is 2.52. The lowest BCUT2D eigenvalue weighted by atomic mass is 9.70. The van der Waals surface area contributed by atoms with Gasteiger partial charge in [-0.2, -0.15) is 0 Å². The zero-order valence-corrected chi connectivity index (χ0v) is 43.5. The number of benzene rings is 12. The second-order valence-corrected chi connectivity index (χ2v) is 27.8. The van der Waals surface area contributed by atoms with Crippen LogP contribution in [0.5, 0.6) is 0 Å². The van der Waals surface area contributed by atoms with Crippen molar-refractivity contribution in [2.45, 2.75) is 5.41 Å². The molecule has 1 spiro atoms. The van der Waals surface area contributed by atoms with Crippen LogP contribution in [0.3, 0.4) is 0 Å². The molecule has 0 amide bonds. The highest BCUT2D eigenvalue weighted by Gasteiger charge is 2.52. The van der Waals surface area contributed by atoms with Gasteiger partial charge in [-0.05, 0) is 120 Å². The van der Waals surface area contributed by atoms with Gasteiger partial charge in [0.05, 0.1) is 5.41 Å². The second-order valence-electron chi connectivity index (χ2n) is 20.2. The minimum atomic E-state index is -2.68. The molecule has 0 aliphatic heterocycles. The molecule has 0 N–H and O–H groups in total. The normalized spacial score (nSPS) is 12.9. The van der Waals surface area contributed by atoms with Gasteiger partial charge in [0, 0.05) is 0 Å². The molecule has 75 heavy (non-hydrogen) atoms. The van der Waals surface area contributed by atoms with Crippen LogP contribution in [-0.2, 0) is 5.41 Å². The molecule has 2 aliphatic carbocycles. The molecule has 2 aliphatic rings. The third-order valence-electron chi connectivity index (χ3n) is 16.6. The lowest BCUT2D eigenvalue weighted by molar-refractivity contribution is 0.794. The van der Waals surface area contributed by atoms with Crippen molar-refractivity contribution in [3.05, 3.63) is 338 Å². The summed E-state index contributed by atoms with van der Waals surface area (Å²) in [7, 11) is -5.36. The lowest BCUT2D eigenvalue weighted by Crippen LogP contribution is -2.74. The molecule has 0 nitrogen and oxygen atoms in total. The maximum Gasteiger partial charge on any atom is 0.179 e. The Bertz CT molecular complexity index is 3540. The number of hydrogen-bond acceptors (Lipinski definition) is 0. The van der Waals surface area contributed by atoms with Crippen LogP contribution < -0.4 is 41.5 Å². The van der Waals surface area contributed by atoms with Crippen molar-refractivity contribution in [3.8, 4) is 44.5 Å². The summed E-state index contributed by atoms with van der Waals surface area (Å²) in [6, 6.07) is 119. The molecule has 0 heterocycles. The molecule has 0 radical (unpaired) electrons. The number of fused-ring (bicyclic) bond motifs is 10. The van der Waals surface area contributed by atoms with Crippen molar-refractivity contribution < 1.29 is 0 Å². The average molecular weight is 985 g/mol. The fourth-order valence-electron chi connectivity index (χ4n) is 13.5. The summed E-state index contributed by atoms with van der Waals surface area (Å²) in [5.74, 6) is 0. The summed E-state index contributed by atoms with van der Waals surface area (Å²) in [4.78, 5) is 0. The van der Waals surface area contributed by atoms with Crippen molar-refractivity contribution in [2.75, 3.05) is 0 Å². The number of hydrogen-bond donors (Lipinski definition) is 0. The Labute approximate surface area is 442 Å². The van der Waals surface area contributed by atoms with Crippen molar-refractivity contribution in [3.63, 3.8) is 0 Å². The lowest BCUT2D eigenvalue weighted by Gasteiger charge is -2.34. The molecule has 12 aromatic rings. The molecule has 0 bridgehead atoms. The predicted octanol–water partition coefficient (Wildman–Crippen LogP) is 12.1. The van der Waals surface area contributed by atoms with Gasteiger partial charge in [0.2, 0.25) is 0 Å². The third-order valence-corrected chi connectivity index (χ3v) is 26.2. The first-order valence-electron chi connectivity index (χ1n) is 26.2. The molecule has 0 atom stereocenters. The minimum absolute atomic E-state index is 0.504. The van der Waals surface area contributed by atoms with E-state index in [1.54, 1.807) is 0 Å². The summed E-state index contributed by atoms with van der Waals surface area (Å²) >= 11 is 0. The second kappa shape index (κ2) is 18.2. The van der Waals surface area contributed by atoms with Gasteiger partial charge in [0.15, 0.2) is 16.1 Å². The Kier molecular flexibility index (Phi) is 10.9. The zero-order chi connectivity index (χ0) is 49.8. The topological polar surface area (TPSA) is 0 Å². The molecule has 2 heteroatoms. The van der Waals surface area contributed by atoms with E-state index in [9.17, 15) is 0 Å². The van der Waals surface area contributed by atoms with Crippen LogP contribution in [0, 0.1) is 0 Å². The van der Waals surface area contributed by atoms with E-state index in [1.807, 2.05) is 0 Å². The van der Waals surface area contributed by atoms with Gasteiger partial charge in [-0.3, -0.25) is 0 Å². The summed E-state index contributed by atoms with van der Waals surface area (Å²) in [6.07, 6.45) is 0. The quantitative estimate of drug-likeness (QED) is 0.0946. The fraction of sp³-hybridized carbons (Fsp3) is 0.0137. The van der Waals surface area contributed by atoms with E-state index in [4.69, 9.17) is 0 Å². The third kappa shape index (κ3) is 6.80. The smallest absolute Gasteiger partial charge is 0.0623 e. The summed E-state index contributed by atoms with van der Waals surface area (Å²) in [5, 5.41) is 11.0. The maximum absolute atomic E-state index is 2.68. The van der Waals surface area contributed by atoms with E-state index in [-0.39, 0.29) is 0 Å². The Morgan fingerprint density at radius 2 is 0.400 bits per heavy atom. The molecular weight excluding hydrogens is 933 g/mol.